The second kappa shape index (κ2) is 8.88. The van der Waals surface area contributed by atoms with E-state index in [1.165, 1.54) is 39.7 Å². The second-order valence-corrected chi connectivity index (χ2v) is 5.56. The number of benzene rings is 1. The Hall–Kier alpha value is -3.29. The monoisotopic (exact) mass is 374 g/mol. The van der Waals surface area contributed by atoms with Crippen LogP contribution in [0.2, 0.25) is 0 Å². The fourth-order valence-corrected chi connectivity index (χ4v) is 2.52. The minimum Gasteiger partial charge on any atom is -0.493 e. The molecule has 1 heterocycles. The van der Waals surface area contributed by atoms with E-state index < -0.39 is 17.1 Å². The zero-order valence-electron chi connectivity index (χ0n) is 15.7. The fraction of sp³-hybridized carbons (Fsp3) is 0.316. The normalized spacial score (nSPS) is 10.2. The summed E-state index contributed by atoms with van der Waals surface area (Å²) in [7, 11) is 4.41. The average molecular weight is 374 g/mol. The summed E-state index contributed by atoms with van der Waals surface area (Å²) in [5.74, 6) is 0.307. The number of aryl methyl sites for hydroxylation is 1. The number of hydrogen-bond acceptors (Lipinski definition) is 6. The van der Waals surface area contributed by atoms with Crippen LogP contribution in [0.15, 0.2) is 35.3 Å². The standard InChI is InChI=1S/C19H22N2O6/c1-5-21-11-13(14(22)9-18(21)27-4)15(23)10-20-19(24)12-6-7-16(25-2)17(8-12)26-3/h6-9,11H,5,10H2,1-4H3,(H,20,24). The number of amides is 1. The van der Waals surface area contributed by atoms with E-state index in [0.717, 1.165) is 0 Å². The first-order valence-corrected chi connectivity index (χ1v) is 8.27. The summed E-state index contributed by atoms with van der Waals surface area (Å²) < 4.78 is 17.0. The SMILES string of the molecule is CCn1cc(C(=O)CNC(=O)c2ccc(OC)c(OC)c2)c(=O)cc1OC. The van der Waals surface area contributed by atoms with Crippen molar-refractivity contribution in [3.8, 4) is 17.4 Å². The van der Waals surface area contributed by atoms with E-state index in [-0.39, 0.29) is 12.1 Å². The molecule has 0 bridgehead atoms. The van der Waals surface area contributed by atoms with Gasteiger partial charge in [-0.15, -0.1) is 0 Å². The average Bonchev–Trinajstić information content (AvgIpc) is 2.70. The van der Waals surface area contributed by atoms with Crippen LogP contribution in [0.4, 0.5) is 0 Å². The first-order chi connectivity index (χ1) is 12.9. The van der Waals surface area contributed by atoms with Gasteiger partial charge in [-0.2, -0.15) is 0 Å². The first kappa shape index (κ1) is 20.0. The molecule has 8 heteroatoms. The van der Waals surface area contributed by atoms with E-state index in [4.69, 9.17) is 14.2 Å². The molecule has 1 aromatic carbocycles. The van der Waals surface area contributed by atoms with Gasteiger partial charge in [0.05, 0.1) is 33.4 Å². The van der Waals surface area contributed by atoms with Crippen molar-refractivity contribution >= 4 is 11.7 Å². The smallest absolute Gasteiger partial charge is 0.251 e. The van der Waals surface area contributed by atoms with Crippen LogP contribution in [0.25, 0.3) is 0 Å². The lowest BCUT2D eigenvalue weighted by Gasteiger charge is -2.12. The number of pyridine rings is 1. The van der Waals surface area contributed by atoms with Crippen molar-refractivity contribution in [1.82, 2.24) is 9.88 Å². The first-order valence-electron chi connectivity index (χ1n) is 8.27. The highest BCUT2D eigenvalue weighted by molar-refractivity contribution is 6.02. The molecule has 2 aromatic rings. The molecule has 1 N–H and O–H groups in total. The number of aromatic nitrogens is 1. The van der Waals surface area contributed by atoms with Crippen molar-refractivity contribution in [3.63, 3.8) is 0 Å². The molecule has 0 radical (unpaired) electrons. The zero-order valence-corrected chi connectivity index (χ0v) is 15.7. The van der Waals surface area contributed by atoms with E-state index in [9.17, 15) is 14.4 Å². The Labute approximate surface area is 156 Å². The number of carbonyl (C=O) groups is 2. The minimum atomic E-state index is -0.487. The lowest BCUT2D eigenvalue weighted by Crippen LogP contribution is -2.32. The van der Waals surface area contributed by atoms with Gasteiger partial charge in [0.25, 0.3) is 5.91 Å². The van der Waals surface area contributed by atoms with Crippen LogP contribution < -0.4 is 25.0 Å². The third-order valence-electron chi connectivity index (χ3n) is 3.99. The highest BCUT2D eigenvalue weighted by Crippen LogP contribution is 2.27. The molecule has 0 atom stereocenters. The maximum Gasteiger partial charge on any atom is 0.251 e. The number of Topliss-reactive ketones (excluding diaryl/α,β-unsaturated/α-hetero) is 1. The number of hydrogen-bond donors (Lipinski definition) is 1. The number of rotatable bonds is 8. The molecule has 144 valence electrons. The van der Waals surface area contributed by atoms with E-state index in [0.29, 0.717) is 29.5 Å². The minimum absolute atomic E-state index is 0.00902. The number of ketones is 1. The molecule has 0 aliphatic rings. The van der Waals surface area contributed by atoms with Crippen LogP contribution in [-0.2, 0) is 6.54 Å². The maximum absolute atomic E-state index is 12.4. The highest BCUT2D eigenvalue weighted by Gasteiger charge is 2.16. The number of carbonyl (C=O) groups excluding carboxylic acids is 2. The molecule has 0 aliphatic carbocycles. The summed E-state index contributed by atoms with van der Waals surface area (Å²) in [4.78, 5) is 36.8. The lowest BCUT2D eigenvalue weighted by atomic mass is 10.1. The van der Waals surface area contributed by atoms with Crippen LogP contribution in [0.3, 0.4) is 0 Å². The Balaban J connectivity index is 2.14. The summed E-state index contributed by atoms with van der Waals surface area (Å²) in [6, 6.07) is 5.92. The van der Waals surface area contributed by atoms with Crippen LogP contribution in [0.5, 0.6) is 17.4 Å². The molecule has 1 aromatic heterocycles. The molecule has 0 fully saturated rings. The molecule has 8 nitrogen and oxygen atoms in total. The van der Waals surface area contributed by atoms with Gasteiger partial charge in [0, 0.05) is 24.4 Å². The van der Waals surface area contributed by atoms with Crippen molar-refractivity contribution in [3.05, 3.63) is 51.8 Å². The number of methoxy groups -OCH3 is 3. The fourth-order valence-electron chi connectivity index (χ4n) is 2.52. The predicted octanol–water partition coefficient (Wildman–Crippen LogP) is 1.51. The van der Waals surface area contributed by atoms with Crippen LogP contribution in [0, 0.1) is 0 Å². The lowest BCUT2D eigenvalue weighted by molar-refractivity contribution is 0.0903. The summed E-state index contributed by atoms with van der Waals surface area (Å²) in [5, 5.41) is 2.52. The van der Waals surface area contributed by atoms with Crippen molar-refractivity contribution in [2.45, 2.75) is 13.5 Å². The highest BCUT2D eigenvalue weighted by atomic mass is 16.5. The summed E-state index contributed by atoms with van der Waals surface area (Å²) >= 11 is 0. The Bertz CT molecular complexity index is 904. The van der Waals surface area contributed by atoms with Gasteiger partial charge in [-0.3, -0.25) is 14.4 Å². The van der Waals surface area contributed by atoms with Gasteiger partial charge in [-0.25, -0.2) is 0 Å². The molecule has 0 saturated heterocycles. The van der Waals surface area contributed by atoms with Crippen molar-refractivity contribution in [1.29, 1.82) is 0 Å². The second-order valence-electron chi connectivity index (χ2n) is 5.56. The largest absolute Gasteiger partial charge is 0.493 e. The topological polar surface area (TPSA) is 95.9 Å². The van der Waals surface area contributed by atoms with Gasteiger partial charge in [-0.1, -0.05) is 0 Å². The van der Waals surface area contributed by atoms with E-state index >= 15 is 0 Å². The molecule has 0 spiro atoms. The quantitative estimate of drug-likeness (QED) is 0.704. The third-order valence-corrected chi connectivity index (χ3v) is 3.99. The summed E-state index contributed by atoms with van der Waals surface area (Å²) in [6.07, 6.45) is 1.44. The van der Waals surface area contributed by atoms with Gasteiger partial charge in [0.2, 0.25) is 0 Å². The third kappa shape index (κ3) is 4.46. The van der Waals surface area contributed by atoms with Crippen LogP contribution in [-0.4, -0.2) is 44.1 Å². The predicted molar refractivity (Wildman–Crippen MR) is 99.1 cm³/mol. The summed E-state index contributed by atoms with van der Waals surface area (Å²) in [6.45, 7) is 2.08. The molecule has 0 aliphatic heterocycles. The molecule has 2 rings (SSSR count). The Morgan fingerprint density at radius 3 is 2.33 bits per heavy atom. The molecule has 1 amide bonds. The maximum atomic E-state index is 12.4. The van der Waals surface area contributed by atoms with E-state index in [2.05, 4.69) is 5.32 Å². The van der Waals surface area contributed by atoms with Gasteiger partial charge in [0.15, 0.2) is 28.6 Å². The zero-order chi connectivity index (χ0) is 20.0. The van der Waals surface area contributed by atoms with Gasteiger partial charge in [0.1, 0.15) is 0 Å². The number of nitrogens with zero attached hydrogens (tertiary/aromatic N) is 1. The van der Waals surface area contributed by atoms with Crippen LogP contribution in [0.1, 0.15) is 27.6 Å². The van der Waals surface area contributed by atoms with E-state index in [1.807, 2.05) is 6.92 Å². The van der Waals surface area contributed by atoms with Crippen molar-refractivity contribution in [2.24, 2.45) is 0 Å². The Morgan fingerprint density at radius 1 is 1.04 bits per heavy atom. The van der Waals surface area contributed by atoms with Gasteiger partial charge >= 0.3 is 0 Å². The molecule has 27 heavy (non-hydrogen) atoms. The van der Waals surface area contributed by atoms with Crippen molar-refractivity contribution in [2.75, 3.05) is 27.9 Å². The van der Waals surface area contributed by atoms with Gasteiger partial charge < -0.3 is 24.1 Å². The number of ether oxygens (including phenoxy) is 3. The van der Waals surface area contributed by atoms with E-state index in [1.54, 1.807) is 16.7 Å². The van der Waals surface area contributed by atoms with Crippen LogP contribution >= 0.6 is 0 Å². The summed E-state index contributed by atoms with van der Waals surface area (Å²) in [5.41, 5.74) is -0.159. The molecule has 0 unspecified atom stereocenters. The Kier molecular flexibility index (Phi) is 6.59. The Morgan fingerprint density at radius 2 is 1.74 bits per heavy atom. The molecular formula is C19H22N2O6. The van der Waals surface area contributed by atoms with Crippen molar-refractivity contribution < 1.29 is 23.8 Å². The molecule has 0 saturated carbocycles. The molecular weight excluding hydrogens is 352 g/mol. The number of nitrogens with one attached hydrogen (secondary N) is 1. The van der Waals surface area contributed by atoms with Gasteiger partial charge in [-0.05, 0) is 25.1 Å².